The van der Waals surface area contributed by atoms with Crippen molar-refractivity contribution < 1.29 is 27.6 Å². The van der Waals surface area contributed by atoms with E-state index in [-0.39, 0.29) is 23.9 Å². The Bertz CT molecular complexity index is 1340. The average Bonchev–Trinajstić information content (AvgIpc) is 3.47. The van der Waals surface area contributed by atoms with Gasteiger partial charge < -0.3 is 14.9 Å². The Morgan fingerprint density at radius 2 is 1.98 bits per heavy atom. The number of hydrogen-bond donors (Lipinski definition) is 2. The van der Waals surface area contributed by atoms with Crippen LogP contribution in [0.2, 0.25) is 0 Å². The second-order valence-corrected chi connectivity index (χ2v) is 12.0. The van der Waals surface area contributed by atoms with Gasteiger partial charge in [-0.2, -0.15) is 18.9 Å². The van der Waals surface area contributed by atoms with E-state index in [9.17, 15) is 23.1 Å². The monoisotopic (exact) mass is 560 g/mol. The highest BCUT2D eigenvalue weighted by Crippen LogP contribution is 2.57. The van der Waals surface area contributed by atoms with Crippen molar-refractivity contribution in [3.05, 3.63) is 48.1 Å². The van der Waals surface area contributed by atoms with Crippen LogP contribution in [0.3, 0.4) is 0 Å². The van der Waals surface area contributed by atoms with Gasteiger partial charge in [-0.25, -0.2) is 9.18 Å². The summed E-state index contributed by atoms with van der Waals surface area (Å²) in [5, 5.41) is 21.2. The standard InChI is InChI=1S/C28H35F3N6O3/c1-26(2,39)17-36-16-19(15-32-36)21-11-20(8-9-22(21)29)37(25(38)34-28-12-18(13-28)14-28)10-6-4-5-7-23-33-24(40-35-23)27(3,30)31/h8-9,11,15-16,18,39H,4-7,10,12-14,17H2,1-3H3,(H,34,38). The zero-order chi connectivity index (χ0) is 28.7. The number of carbonyl (C=O) groups is 1. The molecular formula is C28H35F3N6O3. The van der Waals surface area contributed by atoms with Gasteiger partial charge in [0.25, 0.3) is 5.89 Å². The summed E-state index contributed by atoms with van der Waals surface area (Å²) in [5.74, 6) is -3.39. The van der Waals surface area contributed by atoms with E-state index in [1.54, 1.807) is 41.8 Å². The fourth-order valence-electron chi connectivity index (χ4n) is 5.43. The van der Waals surface area contributed by atoms with Crippen LogP contribution in [0.15, 0.2) is 35.1 Å². The van der Waals surface area contributed by atoms with Crippen molar-refractivity contribution in [1.82, 2.24) is 25.2 Å². The van der Waals surface area contributed by atoms with Gasteiger partial charge in [0.2, 0.25) is 0 Å². The third-order valence-corrected chi connectivity index (χ3v) is 7.54. The van der Waals surface area contributed by atoms with E-state index in [1.165, 1.54) is 12.3 Å². The highest BCUT2D eigenvalue weighted by atomic mass is 19.3. The number of aromatic nitrogens is 4. The minimum Gasteiger partial charge on any atom is -0.389 e. The van der Waals surface area contributed by atoms with Crippen LogP contribution in [0, 0.1) is 11.7 Å². The number of halogens is 3. The van der Waals surface area contributed by atoms with E-state index in [0.29, 0.717) is 61.9 Å². The second-order valence-electron chi connectivity index (χ2n) is 12.0. The van der Waals surface area contributed by atoms with E-state index in [0.717, 1.165) is 19.3 Å². The Morgan fingerprint density at radius 3 is 2.60 bits per heavy atom. The summed E-state index contributed by atoms with van der Waals surface area (Å²) in [4.78, 5) is 18.8. The number of anilines is 1. The highest BCUT2D eigenvalue weighted by Gasteiger charge is 2.57. The summed E-state index contributed by atoms with van der Waals surface area (Å²) < 4.78 is 47.8. The SMILES string of the molecule is CC(C)(O)Cn1cc(-c2cc(N(CCCCCc3noc(C(C)(F)F)n3)C(=O)NC34CC(C3)C4)ccc2F)cn1. The summed E-state index contributed by atoms with van der Waals surface area (Å²) in [6.07, 6.45) is 8.52. The molecule has 0 radical (unpaired) electrons. The minimum atomic E-state index is -3.18. The molecule has 216 valence electrons. The maximum absolute atomic E-state index is 14.9. The molecule has 40 heavy (non-hydrogen) atoms. The Labute approximate surface area is 230 Å². The fourth-order valence-corrected chi connectivity index (χ4v) is 5.43. The largest absolute Gasteiger partial charge is 0.389 e. The number of nitrogens with one attached hydrogen (secondary N) is 1. The molecule has 9 nitrogen and oxygen atoms in total. The fraction of sp³-hybridized carbons (Fsp3) is 0.571. The van der Waals surface area contributed by atoms with Crippen molar-refractivity contribution in [3.63, 3.8) is 0 Å². The molecule has 3 aliphatic carbocycles. The van der Waals surface area contributed by atoms with Crippen LogP contribution in [0.5, 0.6) is 0 Å². The van der Waals surface area contributed by atoms with Crippen molar-refractivity contribution in [2.75, 3.05) is 11.4 Å². The first kappa shape index (κ1) is 28.1. The maximum Gasteiger partial charge on any atom is 0.322 e. The molecule has 1 aromatic carbocycles. The lowest BCUT2D eigenvalue weighted by Crippen LogP contribution is -2.69. The van der Waals surface area contributed by atoms with Crippen molar-refractivity contribution >= 4 is 11.7 Å². The van der Waals surface area contributed by atoms with Crippen LogP contribution in [0.4, 0.5) is 23.7 Å². The lowest BCUT2D eigenvalue weighted by atomic mass is 9.50. The molecule has 3 saturated carbocycles. The summed E-state index contributed by atoms with van der Waals surface area (Å²) in [6.45, 7) is 4.68. The number of urea groups is 1. The number of amides is 2. The lowest BCUT2D eigenvalue weighted by molar-refractivity contribution is -0.0396. The number of benzene rings is 1. The first-order chi connectivity index (χ1) is 18.8. The van der Waals surface area contributed by atoms with Gasteiger partial charge in [0.1, 0.15) is 5.82 Å². The summed E-state index contributed by atoms with van der Waals surface area (Å²) >= 11 is 0. The van der Waals surface area contributed by atoms with Crippen LogP contribution in [-0.2, 0) is 18.9 Å². The Kier molecular flexibility index (Phi) is 7.41. The Balaban J connectivity index is 1.27. The maximum atomic E-state index is 14.9. The molecule has 2 amide bonds. The number of carbonyl (C=O) groups excluding carboxylic acids is 1. The van der Waals surface area contributed by atoms with Crippen molar-refractivity contribution in [1.29, 1.82) is 0 Å². The predicted octanol–water partition coefficient (Wildman–Crippen LogP) is 5.44. The molecule has 3 aliphatic rings. The molecule has 0 aliphatic heterocycles. The first-order valence-electron chi connectivity index (χ1n) is 13.7. The lowest BCUT2D eigenvalue weighted by Gasteiger charge is -2.62. The van der Waals surface area contributed by atoms with Crippen LogP contribution in [-0.4, -0.2) is 48.7 Å². The number of aliphatic hydroxyl groups is 1. The molecule has 2 aromatic heterocycles. The number of unbranched alkanes of at least 4 members (excludes halogenated alkanes) is 2. The Hall–Kier alpha value is -3.41. The van der Waals surface area contributed by atoms with Gasteiger partial charge in [0.05, 0.1) is 18.3 Å². The quantitative estimate of drug-likeness (QED) is 0.286. The third kappa shape index (κ3) is 6.32. The molecule has 0 saturated heterocycles. The number of hydrogen-bond acceptors (Lipinski definition) is 6. The van der Waals surface area contributed by atoms with Crippen molar-refractivity contribution in [3.8, 4) is 11.1 Å². The summed E-state index contributed by atoms with van der Waals surface area (Å²) in [7, 11) is 0. The zero-order valence-corrected chi connectivity index (χ0v) is 23.0. The zero-order valence-electron chi connectivity index (χ0n) is 23.0. The highest BCUT2D eigenvalue weighted by molar-refractivity contribution is 5.93. The topological polar surface area (TPSA) is 109 Å². The van der Waals surface area contributed by atoms with Crippen LogP contribution >= 0.6 is 0 Å². The molecule has 0 atom stereocenters. The van der Waals surface area contributed by atoms with Gasteiger partial charge in [-0.05, 0) is 70.1 Å². The van der Waals surface area contributed by atoms with Gasteiger partial charge in [-0.15, -0.1) is 0 Å². The van der Waals surface area contributed by atoms with Gasteiger partial charge >= 0.3 is 12.0 Å². The third-order valence-electron chi connectivity index (χ3n) is 7.54. The molecular weight excluding hydrogens is 525 g/mol. The minimum absolute atomic E-state index is 0.126. The van der Waals surface area contributed by atoms with Crippen molar-refractivity contribution in [2.45, 2.75) is 89.3 Å². The van der Waals surface area contributed by atoms with Crippen LogP contribution < -0.4 is 10.2 Å². The van der Waals surface area contributed by atoms with E-state index >= 15 is 0 Å². The molecule has 6 rings (SSSR count). The first-order valence-corrected chi connectivity index (χ1v) is 13.7. The molecule has 12 heteroatoms. The molecule has 0 spiro atoms. The molecule has 3 fully saturated rings. The number of nitrogens with zero attached hydrogens (tertiary/aromatic N) is 5. The number of alkyl halides is 2. The molecule has 0 unspecified atom stereocenters. The second kappa shape index (κ2) is 10.5. The van der Waals surface area contributed by atoms with E-state index < -0.39 is 23.2 Å². The smallest absolute Gasteiger partial charge is 0.322 e. The van der Waals surface area contributed by atoms with Crippen LogP contribution in [0.1, 0.15) is 71.0 Å². The van der Waals surface area contributed by atoms with Gasteiger partial charge in [0.15, 0.2) is 5.82 Å². The van der Waals surface area contributed by atoms with Gasteiger partial charge in [-0.1, -0.05) is 11.6 Å². The summed E-state index contributed by atoms with van der Waals surface area (Å²) in [5.41, 5.74) is 0.305. The molecule has 2 heterocycles. The molecule has 3 aromatic rings. The van der Waals surface area contributed by atoms with E-state index in [2.05, 4.69) is 25.1 Å². The normalized spacial score (nSPS) is 20.1. The van der Waals surface area contributed by atoms with Gasteiger partial charge in [0, 0.05) is 48.4 Å². The molecule has 2 N–H and O–H groups in total. The Morgan fingerprint density at radius 1 is 1.23 bits per heavy atom. The van der Waals surface area contributed by atoms with E-state index in [4.69, 9.17) is 0 Å². The predicted molar refractivity (Wildman–Crippen MR) is 141 cm³/mol. The van der Waals surface area contributed by atoms with Crippen LogP contribution in [0.25, 0.3) is 11.1 Å². The number of aryl methyl sites for hydroxylation is 1. The van der Waals surface area contributed by atoms with Crippen molar-refractivity contribution in [2.24, 2.45) is 5.92 Å². The average molecular weight is 561 g/mol. The van der Waals surface area contributed by atoms with E-state index in [1.807, 2.05) is 0 Å². The number of rotatable bonds is 12. The van der Waals surface area contributed by atoms with Gasteiger partial charge in [-0.3, -0.25) is 9.58 Å². The summed E-state index contributed by atoms with van der Waals surface area (Å²) in [6, 6.07) is 4.36. The molecule has 2 bridgehead atoms.